The third-order valence-corrected chi connectivity index (χ3v) is 3.70. The normalized spacial score (nSPS) is 14.0. The molecule has 0 radical (unpaired) electrons. The van der Waals surface area contributed by atoms with Gasteiger partial charge in [-0.3, -0.25) is 4.98 Å². The van der Waals surface area contributed by atoms with Crippen LogP contribution < -0.4 is 4.72 Å². The minimum absolute atomic E-state index is 0.541. The van der Waals surface area contributed by atoms with Gasteiger partial charge in [0.2, 0.25) is 10.0 Å². The Balaban J connectivity index is 2.99. The summed E-state index contributed by atoms with van der Waals surface area (Å²) in [5, 5.41) is -0.541. The minimum Gasteiger partial charge on any atom is -0.265 e. The Morgan fingerprint density at radius 1 is 1.38 bits per heavy atom. The summed E-state index contributed by atoms with van der Waals surface area (Å²) in [6.45, 7) is 1.64. The second kappa shape index (κ2) is 3.85. The number of rotatable bonds is 3. The lowest BCUT2D eigenvalue weighted by Crippen LogP contribution is -2.23. The van der Waals surface area contributed by atoms with E-state index < -0.39 is 15.3 Å². The number of pyridine rings is 1. The summed E-state index contributed by atoms with van der Waals surface area (Å²) in [4.78, 5) is 3.82. The number of hydrogen-bond acceptors (Lipinski definition) is 3. The minimum atomic E-state index is -3.23. The molecule has 0 spiro atoms. The molecule has 0 aliphatic rings. The monoisotopic (exact) mass is 200 g/mol. The molecule has 1 unspecified atom stereocenters. The third-order valence-electron chi connectivity index (χ3n) is 1.93. The van der Waals surface area contributed by atoms with E-state index in [4.69, 9.17) is 0 Å². The van der Waals surface area contributed by atoms with Crippen LogP contribution in [0.4, 0.5) is 0 Å². The van der Waals surface area contributed by atoms with Crippen LogP contribution in [0, 0.1) is 0 Å². The summed E-state index contributed by atoms with van der Waals surface area (Å²) in [6.07, 6.45) is 3.16. The van der Waals surface area contributed by atoms with Gasteiger partial charge < -0.3 is 0 Å². The fraction of sp³-hybridized carbons (Fsp3) is 0.375. The number of nitrogens with one attached hydrogen (secondary N) is 1. The second-order valence-electron chi connectivity index (χ2n) is 2.67. The molecule has 0 aliphatic heterocycles. The molecular formula is C8H12N2O2S. The Hall–Kier alpha value is -0.940. The van der Waals surface area contributed by atoms with Crippen molar-refractivity contribution in [2.45, 2.75) is 12.2 Å². The Kier molecular flexibility index (Phi) is 3.00. The van der Waals surface area contributed by atoms with Gasteiger partial charge in [-0.25, -0.2) is 13.1 Å². The Labute approximate surface area is 78.1 Å². The summed E-state index contributed by atoms with van der Waals surface area (Å²) in [5.41, 5.74) is 0.740. The third kappa shape index (κ3) is 2.26. The summed E-state index contributed by atoms with van der Waals surface area (Å²) >= 11 is 0. The van der Waals surface area contributed by atoms with Gasteiger partial charge in [-0.15, -0.1) is 0 Å². The van der Waals surface area contributed by atoms with Gasteiger partial charge >= 0.3 is 0 Å². The molecule has 1 atom stereocenters. The molecule has 1 N–H and O–H groups in total. The maximum Gasteiger partial charge on any atom is 0.218 e. The zero-order valence-electron chi connectivity index (χ0n) is 7.56. The molecule has 13 heavy (non-hydrogen) atoms. The highest BCUT2D eigenvalue weighted by Gasteiger charge is 2.19. The largest absolute Gasteiger partial charge is 0.265 e. The van der Waals surface area contributed by atoms with Crippen molar-refractivity contribution in [3.63, 3.8) is 0 Å². The molecule has 5 heteroatoms. The van der Waals surface area contributed by atoms with Gasteiger partial charge in [0.15, 0.2) is 0 Å². The molecule has 0 amide bonds. The van der Waals surface area contributed by atoms with Gasteiger partial charge in [0.1, 0.15) is 0 Å². The average molecular weight is 200 g/mol. The molecule has 0 saturated carbocycles. The van der Waals surface area contributed by atoms with Gasteiger partial charge in [-0.1, -0.05) is 0 Å². The van der Waals surface area contributed by atoms with Gasteiger partial charge in [-0.05, 0) is 31.7 Å². The van der Waals surface area contributed by atoms with Gasteiger partial charge in [0.05, 0.1) is 5.25 Å². The molecule has 4 nitrogen and oxygen atoms in total. The van der Waals surface area contributed by atoms with Crippen molar-refractivity contribution in [2.75, 3.05) is 7.05 Å². The van der Waals surface area contributed by atoms with Crippen molar-refractivity contribution >= 4 is 10.0 Å². The molecule has 1 aromatic heterocycles. The lowest BCUT2D eigenvalue weighted by molar-refractivity contribution is 0.578. The van der Waals surface area contributed by atoms with Crippen molar-refractivity contribution < 1.29 is 8.42 Å². The van der Waals surface area contributed by atoms with Crippen LogP contribution >= 0.6 is 0 Å². The zero-order valence-corrected chi connectivity index (χ0v) is 8.38. The number of sulfonamides is 1. The lowest BCUT2D eigenvalue weighted by Gasteiger charge is -2.11. The average Bonchev–Trinajstić information content (AvgIpc) is 2.18. The summed E-state index contributed by atoms with van der Waals surface area (Å²) in [7, 11) is -1.82. The van der Waals surface area contributed by atoms with Crippen LogP contribution in [0.1, 0.15) is 17.7 Å². The van der Waals surface area contributed by atoms with Crippen LogP contribution in [0.5, 0.6) is 0 Å². The molecule has 1 aromatic rings. The summed E-state index contributed by atoms with van der Waals surface area (Å²) < 4.78 is 25.0. The highest BCUT2D eigenvalue weighted by Crippen LogP contribution is 2.18. The Bertz CT molecular complexity index is 361. The zero-order chi connectivity index (χ0) is 9.90. The lowest BCUT2D eigenvalue weighted by atomic mass is 10.2. The van der Waals surface area contributed by atoms with Gasteiger partial charge in [-0.2, -0.15) is 0 Å². The number of hydrogen-bond donors (Lipinski definition) is 1. The fourth-order valence-corrected chi connectivity index (χ4v) is 1.86. The molecule has 72 valence electrons. The van der Waals surface area contributed by atoms with E-state index in [0.29, 0.717) is 0 Å². The highest BCUT2D eigenvalue weighted by atomic mass is 32.2. The van der Waals surface area contributed by atoms with E-state index in [1.807, 2.05) is 0 Å². The maximum atomic E-state index is 11.4. The van der Waals surface area contributed by atoms with Crippen LogP contribution in [0.25, 0.3) is 0 Å². The molecule has 0 aromatic carbocycles. The first kappa shape index (κ1) is 10.1. The van der Waals surface area contributed by atoms with Crippen LogP contribution in [0.3, 0.4) is 0 Å². The quantitative estimate of drug-likeness (QED) is 0.781. The fourth-order valence-electron chi connectivity index (χ4n) is 0.990. The summed E-state index contributed by atoms with van der Waals surface area (Å²) in [6, 6.07) is 3.39. The predicted molar refractivity (Wildman–Crippen MR) is 50.6 cm³/mol. The molecule has 0 aliphatic carbocycles. The first-order valence-electron chi connectivity index (χ1n) is 3.90. The van der Waals surface area contributed by atoms with Gasteiger partial charge in [0, 0.05) is 12.4 Å². The molecule has 1 heterocycles. The summed E-state index contributed by atoms with van der Waals surface area (Å²) in [5.74, 6) is 0. The Morgan fingerprint density at radius 3 is 2.38 bits per heavy atom. The first-order valence-corrected chi connectivity index (χ1v) is 5.45. The molecule has 0 saturated heterocycles. The SMILES string of the molecule is CNS(=O)(=O)C(C)c1ccncc1. The van der Waals surface area contributed by atoms with Crippen LogP contribution in [0.15, 0.2) is 24.5 Å². The van der Waals surface area contributed by atoms with E-state index in [1.165, 1.54) is 7.05 Å². The standard InChI is InChI=1S/C8H12N2O2S/c1-7(13(11,12)9-2)8-3-5-10-6-4-8/h3-7,9H,1-2H3. The second-order valence-corrected chi connectivity index (χ2v) is 4.88. The van der Waals surface area contributed by atoms with E-state index >= 15 is 0 Å². The van der Waals surface area contributed by atoms with Crippen LogP contribution in [-0.2, 0) is 10.0 Å². The molecule has 0 fully saturated rings. The first-order chi connectivity index (χ1) is 6.08. The van der Waals surface area contributed by atoms with Crippen molar-refractivity contribution in [2.24, 2.45) is 0 Å². The number of nitrogens with zero attached hydrogens (tertiary/aromatic N) is 1. The molecule has 1 rings (SSSR count). The van der Waals surface area contributed by atoms with Crippen LogP contribution in [0.2, 0.25) is 0 Å². The Morgan fingerprint density at radius 2 is 1.92 bits per heavy atom. The van der Waals surface area contributed by atoms with E-state index in [1.54, 1.807) is 31.5 Å². The van der Waals surface area contributed by atoms with Crippen molar-refractivity contribution in [1.82, 2.24) is 9.71 Å². The van der Waals surface area contributed by atoms with Crippen molar-refractivity contribution in [3.8, 4) is 0 Å². The molecule has 0 bridgehead atoms. The topological polar surface area (TPSA) is 59.1 Å². The smallest absolute Gasteiger partial charge is 0.218 e. The highest BCUT2D eigenvalue weighted by molar-refractivity contribution is 7.89. The van der Waals surface area contributed by atoms with E-state index in [9.17, 15) is 8.42 Å². The van der Waals surface area contributed by atoms with E-state index in [-0.39, 0.29) is 0 Å². The maximum absolute atomic E-state index is 11.4. The molecular weight excluding hydrogens is 188 g/mol. The predicted octanol–water partition coefficient (Wildman–Crippen LogP) is 0.692. The van der Waals surface area contributed by atoms with E-state index in [2.05, 4.69) is 9.71 Å². The van der Waals surface area contributed by atoms with E-state index in [0.717, 1.165) is 5.56 Å². The number of aromatic nitrogens is 1. The van der Waals surface area contributed by atoms with Crippen molar-refractivity contribution in [3.05, 3.63) is 30.1 Å². The van der Waals surface area contributed by atoms with Gasteiger partial charge in [0.25, 0.3) is 0 Å². The van der Waals surface area contributed by atoms with Crippen molar-refractivity contribution in [1.29, 1.82) is 0 Å². The van der Waals surface area contributed by atoms with Crippen LogP contribution in [-0.4, -0.2) is 20.4 Å².